The summed E-state index contributed by atoms with van der Waals surface area (Å²) in [5, 5.41) is 16.0. The van der Waals surface area contributed by atoms with E-state index in [9.17, 15) is 9.90 Å². The largest absolute Gasteiger partial charge is 0.504 e. The van der Waals surface area contributed by atoms with Gasteiger partial charge in [0, 0.05) is 24.2 Å². The number of hydrogen-bond acceptors (Lipinski definition) is 4. The van der Waals surface area contributed by atoms with Crippen LogP contribution in [0.1, 0.15) is 30.1 Å². The van der Waals surface area contributed by atoms with Crippen LogP contribution < -0.4 is 15.4 Å². The number of carbonyl (C=O) groups excluding carboxylic acids is 1. The normalized spacial score (nSPS) is 22.8. The lowest BCUT2D eigenvalue weighted by Crippen LogP contribution is -2.48. The van der Waals surface area contributed by atoms with Crippen molar-refractivity contribution in [1.29, 1.82) is 0 Å². The highest BCUT2D eigenvalue weighted by atomic mass is 16.5. The maximum atomic E-state index is 12.1. The lowest BCUT2D eigenvalue weighted by Gasteiger charge is -2.28. The first-order chi connectivity index (χ1) is 9.10. The lowest BCUT2D eigenvalue weighted by atomic mass is 10.0. The fourth-order valence-electron chi connectivity index (χ4n) is 2.22. The average molecular weight is 264 g/mol. The number of rotatable bonds is 3. The van der Waals surface area contributed by atoms with Gasteiger partial charge in [-0.2, -0.15) is 0 Å². The van der Waals surface area contributed by atoms with Crippen molar-refractivity contribution in [3.05, 3.63) is 23.8 Å². The van der Waals surface area contributed by atoms with Gasteiger partial charge in [-0.3, -0.25) is 4.79 Å². The van der Waals surface area contributed by atoms with E-state index in [2.05, 4.69) is 17.6 Å². The van der Waals surface area contributed by atoms with Gasteiger partial charge in [-0.15, -0.1) is 0 Å². The Kier molecular flexibility index (Phi) is 4.27. The number of methoxy groups -OCH3 is 1. The van der Waals surface area contributed by atoms with Crippen molar-refractivity contribution < 1.29 is 14.6 Å². The molecule has 2 unspecified atom stereocenters. The Balaban J connectivity index is 1.98. The maximum Gasteiger partial charge on any atom is 0.251 e. The molecular weight excluding hydrogens is 244 g/mol. The number of aromatic hydroxyl groups is 1. The van der Waals surface area contributed by atoms with E-state index in [0.717, 1.165) is 19.4 Å². The molecule has 0 radical (unpaired) electrons. The van der Waals surface area contributed by atoms with Crippen LogP contribution in [0.2, 0.25) is 0 Å². The van der Waals surface area contributed by atoms with Crippen LogP contribution in [0.15, 0.2) is 18.2 Å². The standard InChI is InChI=1S/C14H20N2O3/c1-9-3-5-11(8-15-9)16-14(18)10-4-6-13(19-2)12(17)7-10/h4,6-7,9,11,15,17H,3,5,8H2,1-2H3,(H,16,18). The van der Waals surface area contributed by atoms with Gasteiger partial charge in [0.15, 0.2) is 11.5 Å². The second kappa shape index (κ2) is 5.93. The number of phenolic OH excluding ortho intramolecular Hbond substituents is 1. The smallest absolute Gasteiger partial charge is 0.251 e. The summed E-state index contributed by atoms with van der Waals surface area (Å²) in [6, 6.07) is 5.32. The van der Waals surface area contributed by atoms with E-state index in [4.69, 9.17) is 4.74 Å². The van der Waals surface area contributed by atoms with E-state index >= 15 is 0 Å². The number of hydrogen-bond donors (Lipinski definition) is 3. The van der Waals surface area contributed by atoms with Gasteiger partial charge in [-0.25, -0.2) is 0 Å². The molecular formula is C14H20N2O3. The molecule has 3 N–H and O–H groups in total. The van der Waals surface area contributed by atoms with Crippen LogP contribution in [0.5, 0.6) is 11.5 Å². The van der Waals surface area contributed by atoms with Crippen LogP contribution in [0.4, 0.5) is 0 Å². The zero-order chi connectivity index (χ0) is 13.8. The second-order valence-electron chi connectivity index (χ2n) is 4.94. The van der Waals surface area contributed by atoms with Crippen LogP contribution in [-0.2, 0) is 0 Å². The number of piperidine rings is 1. The first kappa shape index (κ1) is 13.7. The minimum absolute atomic E-state index is 0.0226. The molecule has 1 heterocycles. The molecule has 1 fully saturated rings. The number of phenols is 1. The zero-order valence-electron chi connectivity index (χ0n) is 11.3. The summed E-state index contributed by atoms with van der Waals surface area (Å²) < 4.78 is 4.95. The van der Waals surface area contributed by atoms with Crippen molar-refractivity contribution in [2.45, 2.75) is 31.8 Å². The van der Waals surface area contributed by atoms with Crippen LogP contribution in [0, 0.1) is 0 Å². The number of ether oxygens (including phenoxy) is 1. The lowest BCUT2D eigenvalue weighted by molar-refractivity contribution is 0.0927. The van der Waals surface area contributed by atoms with Crippen molar-refractivity contribution in [2.24, 2.45) is 0 Å². The van der Waals surface area contributed by atoms with Crippen LogP contribution >= 0.6 is 0 Å². The molecule has 104 valence electrons. The van der Waals surface area contributed by atoms with Gasteiger partial charge in [0.2, 0.25) is 0 Å². The van der Waals surface area contributed by atoms with E-state index in [1.165, 1.54) is 13.2 Å². The van der Waals surface area contributed by atoms with E-state index in [-0.39, 0.29) is 17.7 Å². The first-order valence-electron chi connectivity index (χ1n) is 6.51. The number of carbonyl (C=O) groups is 1. The van der Waals surface area contributed by atoms with Gasteiger partial charge in [-0.1, -0.05) is 0 Å². The van der Waals surface area contributed by atoms with Crippen molar-refractivity contribution >= 4 is 5.91 Å². The van der Waals surface area contributed by atoms with E-state index in [1.807, 2.05) is 0 Å². The Bertz CT molecular complexity index is 454. The molecule has 1 amide bonds. The molecule has 1 aliphatic rings. The molecule has 0 aromatic heterocycles. The summed E-state index contributed by atoms with van der Waals surface area (Å²) in [6.07, 6.45) is 2.03. The Morgan fingerprint density at radius 1 is 1.47 bits per heavy atom. The Morgan fingerprint density at radius 2 is 2.26 bits per heavy atom. The summed E-state index contributed by atoms with van der Waals surface area (Å²) in [4.78, 5) is 12.1. The summed E-state index contributed by atoms with van der Waals surface area (Å²) in [5.41, 5.74) is 0.442. The molecule has 1 saturated heterocycles. The van der Waals surface area contributed by atoms with Crippen molar-refractivity contribution in [3.8, 4) is 11.5 Å². The fraction of sp³-hybridized carbons (Fsp3) is 0.500. The predicted molar refractivity (Wildman–Crippen MR) is 72.6 cm³/mol. The Morgan fingerprint density at radius 3 is 2.84 bits per heavy atom. The highest BCUT2D eigenvalue weighted by Gasteiger charge is 2.20. The van der Waals surface area contributed by atoms with Crippen molar-refractivity contribution in [3.63, 3.8) is 0 Å². The van der Waals surface area contributed by atoms with Crippen LogP contribution in [-0.4, -0.2) is 36.8 Å². The number of benzene rings is 1. The van der Waals surface area contributed by atoms with Gasteiger partial charge >= 0.3 is 0 Å². The third kappa shape index (κ3) is 3.38. The van der Waals surface area contributed by atoms with Crippen molar-refractivity contribution in [1.82, 2.24) is 10.6 Å². The molecule has 0 bridgehead atoms. The molecule has 19 heavy (non-hydrogen) atoms. The fourth-order valence-corrected chi connectivity index (χ4v) is 2.22. The first-order valence-corrected chi connectivity index (χ1v) is 6.51. The summed E-state index contributed by atoms with van der Waals surface area (Å²) in [6.45, 7) is 2.93. The van der Waals surface area contributed by atoms with Gasteiger partial charge in [0.25, 0.3) is 5.91 Å². The minimum Gasteiger partial charge on any atom is -0.504 e. The molecule has 2 rings (SSSR count). The molecule has 1 aliphatic heterocycles. The Labute approximate surface area is 113 Å². The average Bonchev–Trinajstić information content (AvgIpc) is 2.41. The summed E-state index contributed by atoms with van der Waals surface area (Å²) >= 11 is 0. The molecule has 0 spiro atoms. The third-order valence-electron chi connectivity index (χ3n) is 3.44. The SMILES string of the molecule is COc1ccc(C(=O)NC2CCC(C)NC2)cc1O. The molecule has 1 aromatic carbocycles. The van der Waals surface area contributed by atoms with E-state index < -0.39 is 0 Å². The molecule has 0 saturated carbocycles. The number of nitrogens with one attached hydrogen (secondary N) is 2. The summed E-state index contributed by atoms with van der Waals surface area (Å²) in [5.74, 6) is 0.176. The number of amides is 1. The van der Waals surface area contributed by atoms with Gasteiger partial charge in [0.1, 0.15) is 0 Å². The van der Waals surface area contributed by atoms with Crippen molar-refractivity contribution in [2.75, 3.05) is 13.7 Å². The van der Waals surface area contributed by atoms with E-state index in [0.29, 0.717) is 17.4 Å². The van der Waals surface area contributed by atoms with Gasteiger partial charge < -0.3 is 20.5 Å². The highest BCUT2D eigenvalue weighted by Crippen LogP contribution is 2.26. The van der Waals surface area contributed by atoms with Gasteiger partial charge in [0.05, 0.1) is 7.11 Å². The molecule has 0 aliphatic carbocycles. The highest BCUT2D eigenvalue weighted by molar-refractivity contribution is 5.95. The minimum atomic E-state index is -0.167. The zero-order valence-corrected chi connectivity index (χ0v) is 11.3. The monoisotopic (exact) mass is 264 g/mol. The van der Waals surface area contributed by atoms with Gasteiger partial charge in [-0.05, 0) is 38.0 Å². The van der Waals surface area contributed by atoms with Crippen LogP contribution in [0.3, 0.4) is 0 Å². The topological polar surface area (TPSA) is 70.6 Å². The summed E-state index contributed by atoms with van der Waals surface area (Å²) in [7, 11) is 1.48. The quantitative estimate of drug-likeness (QED) is 0.769. The second-order valence-corrected chi connectivity index (χ2v) is 4.94. The molecule has 1 aromatic rings. The molecule has 5 nitrogen and oxygen atoms in total. The maximum absolute atomic E-state index is 12.1. The molecule has 5 heteroatoms. The molecule has 2 atom stereocenters. The van der Waals surface area contributed by atoms with E-state index in [1.54, 1.807) is 12.1 Å². The third-order valence-corrected chi connectivity index (χ3v) is 3.44. The predicted octanol–water partition coefficient (Wildman–Crippen LogP) is 1.27. The Hall–Kier alpha value is -1.75. The van der Waals surface area contributed by atoms with Crippen LogP contribution in [0.25, 0.3) is 0 Å².